The number of aryl methyl sites for hydroxylation is 1. The number of carbonyl (C=O) groups is 1. The van der Waals surface area contributed by atoms with Gasteiger partial charge in [-0.25, -0.2) is 4.79 Å². The highest BCUT2D eigenvalue weighted by molar-refractivity contribution is 5.89. The predicted molar refractivity (Wildman–Crippen MR) is 75.6 cm³/mol. The fourth-order valence-corrected chi connectivity index (χ4v) is 2.31. The number of amides is 2. The number of hydrogen-bond donors (Lipinski definition) is 3. The maximum absolute atomic E-state index is 11.8. The van der Waals surface area contributed by atoms with E-state index in [4.69, 9.17) is 4.74 Å². The second-order valence-electron chi connectivity index (χ2n) is 5.21. The summed E-state index contributed by atoms with van der Waals surface area (Å²) in [5, 5.41) is 15.6. The molecule has 0 atom stereocenters. The molecule has 1 fully saturated rings. The van der Waals surface area contributed by atoms with E-state index in [1.54, 1.807) is 18.5 Å². The van der Waals surface area contributed by atoms with Crippen LogP contribution in [0.3, 0.4) is 0 Å². The average molecular weight is 279 g/mol. The molecule has 1 aromatic rings. The molecule has 1 saturated carbocycles. The molecule has 0 unspecified atom stereocenters. The number of carbonyl (C=O) groups excluding carboxylic acids is 1. The molecule has 0 radical (unpaired) electrons. The molecule has 1 aliphatic carbocycles. The van der Waals surface area contributed by atoms with E-state index in [2.05, 4.69) is 15.6 Å². The van der Waals surface area contributed by atoms with Crippen molar-refractivity contribution in [3.8, 4) is 0 Å². The Balaban J connectivity index is 1.75. The van der Waals surface area contributed by atoms with Gasteiger partial charge in [-0.05, 0) is 25.5 Å². The van der Waals surface area contributed by atoms with Crippen LogP contribution in [0.5, 0.6) is 0 Å². The average Bonchev–Trinajstić information content (AvgIpc) is 2.38. The second kappa shape index (κ2) is 6.19. The molecule has 0 aliphatic heterocycles. The monoisotopic (exact) mass is 279 g/mol. The second-order valence-corrected chi connectivity index (χ2v) is 5.21. The first kappa shape index (κ1) is 14.7. The molecule has 0 spiro atoms. The van der Waals surface area contributed by atoms with Crippen molar-refractivity contribution in [1.29, 1.82) is 0 Å². The fraction of sp³-hybridized carbons (Fsp3) is 0.571. The highest BCUT2D eigenvalue weighted by atomic mass is 16.5. The van der Waals surface area contributed by atoms with Crippen molar-refractivity contribution in [2.75, 3.05) is 18.5 Å². The summed E-state index contributed by atoms with van der Waals surface area (Å²) < 4.78 is 5.40. The number of rotatable bonds is 5. The number of nitrogens with one attached hydrogen (secondary N) is 2. The zero-order valence-electron chi connectivity index (χ0n) is 11.8. The first-order valence-electron chi connectivity index (χ1n) is 6.82. The summed E-state index contributed by atoms with van der Waals surface area (Å²) in [7, 11) is 0. The molecule has 6 heteroatoms. The molecular formula is C14H21N3O3. The van der Waals surface area contributed by atoms with Crippen molar-refractivity contribution in [2.45, 2.75) is 38.4 Å². The molecule has 2 amide bonds. The molecule has 0 aromatic carbocycles. The van der Waals surface area contributed by atoms with E-state index in [1.165, 1.54) is 0 Å². The highest BCUT2D eigenvalue weighted by Gasteiger charge is 2.43. The quantitative estimate of drug-likeness (QED) is 0.761. The Morgan fingerprint density at radius 3 is 3.00 bits per heavy atom. The molecule has 0 saturated heterocycles. The van der Waals surface area contributed by atoms with E-state index in [9.17, 15) is 9.90 Å². The summed E-state index contributed by atoms with van der Waals surface area (Å²) in [6, 6.07) is 1.41. The Labute approximate surface area is 118 Å². The Hall–Kier alpha value is -1.66. The normalized spacial score (nSPS) is 24.9. The summed E-state index contributed by atoms with van der Waals surface area (Å²) >= 11 is 0. The minimum atomic E-state index is -0.843. The summed E-state index contributed by atoms with van der Waals surface area (Å²) in [6.07, 6.45) is 4.54. The lowest BCUT2D eigenvalue weighted by Gasteiger charge is -2.43. The maximum Gasteiger partial charge on any atom is 0.319 e. The highest BCUT2D eigenvalue weighted by Crippen LogP contribution is 2.33. The molecule has 1 aromatic heterocycles. The van der Waals surface area contributed by atoms with Crippen molar-refractivity contribution in [1.82, 2.24) is 10.3 Å². The van der Waals surface area contributed by atoms with E-state index in [-0.39, 0.29) is 18.7 Å². The number of ether oxygens (including phenoxy) is 1. The van der Waals surface area contributed by atoms with Crippen LogP contribution in [0.4, 0.5) is 10.5 Å². The van der Waals surface area contributed by atoms with Gasteiger partial charge in [0.15, 0.2) is 0 Å². The van der Waals surface area contributed by atoms with Gasteiger partial charge in [0.2, 0.25) is 0 Å². The van der Waals surface area contributed by atoms with Crippen LogP contribution >= 0.6 is 0 Å². The van der Waals surface area contributed by atoms with Crippen LogP contribution in [0, 0.1) is 6.92 Å². The largest absolute Gasteiger partial charge is 0.388 e. The van der Waals surface area contributed by atoms with Gasteiger partial charge in [0.25, 0.3) is 0 Å². The minimum Gasteiger partial charge on any atom is -0.388 e. The topological polar surface area (TPSA) is 83.5 Å². The van der Waals surface area contributed by atoms with Gasteiger partial charge < -0.3 is 20.5 Å². The fourth-order valence-electron chi connectivity index (χ4n) is 2.31. The lowest BCUT2D eigenvalue weighted by molar-refractivity contribution is -0.133. The van der Waals surface area contributed by atoms with Crippen LogP contribution in [-0.2, 0) is 4.74 Å². The number of hydrogen-bond acceptors (Lipinski definition) is 4. The molecular weight excluding hydrogens is 258 g/mol. The third-order valence-corrected chi connectivity index (χ3v) is 3.46. The smallest absolute Gasteiger partial charge is 0.319 e. The van der Waals surface area contributed by atoms with Crippen LogP contribution in [0.2, 0.25) is 0 Å². The van der Waals surface area contributed by atoms with Gasteiger partial charge in [-0.2, -0.15) is 0 Å². The Morgan fingerprint density at radius 1 is 1.60 bits per heavy atom. The van der Waals surface area contributed by atoms with Gasteiger partial charge in [-0.15, -0.1) is 0 Å². The molecule has 20 heavy (non-hydrogen) atoms. The SMILES string of the molecule is CCOC1CC(O)(CNC(=O)Nc2ccncc2C)C1. The van der Waals surface area contributed by atoms with Gasteiger partial charge in [0.05, 0.1) is 11.7 Å². The first-order chi connectivity index (χ1) is 9.52. The third kappa shape index (κ3) is 3.68. The molecule has 6 nitrogen and oxygen atoms in total. The summed E-state index contributed by atoms with van der Waals surface area (Å²) in [6.45, 7) is 4.68. The molecule has 1 heterocycles. The van der Waals surface area contributed by atoms with Crippen molar-refractivity contribution in [2.24, 2.45) is 0 Å². The number of aliphatic hydroxyl groups is 1. The summed E-state index contributed by atoms with van der Waals surface area (Å²) in [4.78, 5) is 15.7. The van der Waals surface area contributed by atoms with Crippen LogP contribution in [-0.4, -0.2) is 41.0 Å². The Kier molecular flexibility index (Phi) is 4.57. The molecule has 3 N–H and O–H groups in total. The van der Waals surface area contributed by atoms with E-state index in [1.807, 2.05) is 13.8 Å². The first-order valence-corrected chi connectivity index (χ1v) is 6.82. The van der Waals surface area contributed by atoms with Crippen LogP contribution in [0.25, 0.3) is 0 Å². The third-order valence-electron chi connectivity index (χ3n) is 3.46. The molecule has 1 aliphatic rings. The summed E-state index contributed by atoms with van der Waals surface area (Å²) in [5.41, 5.74) is 0.761. The van der Waals surface area contributed by atoms with E-state index < -0.39 is 5.60 Å². The Bertz CT molecular complexity index is 472. The number of nitrogens with zero attached hydrogens (tertiary/aromatic N) is 1. The predicted octanol–water partition coefficient (Wildman–Crippen LogP) is 1.44. The maximum atomic E-state index is 11.8. The van der Waals surface area contributed by atoms with Gasteiger partial charge in [-0.3, -0.25) is 4.98 Å². The van der Waals surface area contributed by atoms with Gasteiger partial charge >= 0.3 is 6.03 Å². The molecule has 2 rings (SSSR count). The van der Waals surface area contributed by atoms with Gasteiger partial charge in [0.1, 0.15) is 0 Å². The Morgan fingerprint density at radius 2 is 2.35 bits per heavy atom. The van der Waals surface area contributed by atoms with E-state index in [0.717, 1.165) is 5.56 Å². The molecule has 0 bridgehead atoms. The molecule has 110 valence electrons. The lowest BCUT2D eigenvalue weighted by atomic mass is 9.77. The van der Waals surface area contributed by atoms with E-state index in [0.29, 0.717) is 25.1 Å². The lowest BCUT2D eigenvalue weighted by Crippen LogP contribution is -2.55. The van der Waals surface area contributed by atoms with Gasteiger partial charge in [-0.1, -0.05) is 0 Å². The van der Waals surface area contributed by atoms with E-state index >= 15 is 0 Å². The number of urea groups is 1. The number of aromatic nitrogens is 1. The number of anilines is 1. The van der Waals surface area contributed by atoms with Crippen LogP contribution in [0.15, 0.2) is 18.5 Å². The minimum absolute atomic E-state index is 0.109. The standard InChI is InChI=1S/C14H21N3O3/c1-3-20-11-6-14(19,7-11)9-16-13(18)17-12-4-5-15-8-10(12)2/h4-5,8,11,19H,3,6-7,9H2,1-2H3,(H2,15,16,17,18). The van der Waals surface area contributed by atoms with Crippen molar-refractivity contribution < 1.29 is 14.6 Å². The van der Waals surface area contributed by atoms with Crippen molar-refractivity contribution in [3.63, 3.8) is 0 Å². The van der Waals surface area contributed by atoms with Crippen LogP contribution in [0.1, 0.15) is 25.3 Å². The van der Waals surface area contributed by atoms with Crippen molar-refractivity contribution >= 4 is 11.7 Å². The zero-order chi connectivity index (χ0) is 14.6. The van der Waals surface area contributed by atoms with Gasteiger partial charge in [0, 0.05) is 44.1 Å². The zero-order valence-corrected chi connectivity index (χ0v) is 11.8. The number of pyridine rings is 1. The van der Waals surface area contributed by atoms with Crippen molar-refractivity contribution in [3.05, 3.63) is 24.0 Å². The summed E-state index contributed by atoms with van der Waals surface area (Å²) in [5.74, 6) is 0. The van der Waals surface area contributed by atoms with Crippen LogP contribution < -0.4 is 10.6 Å².